The standard InChI is InChI=1S/C10H19N3O/c1-3-9(8-12)7-10(14)13(2)6-4-5-11/h9H,3-4,6-8,12H2,1-2H3. The molecule has 0 bridgehead atoms. The van der Waals surface area contributed by atoms with Crippen molar-refractivity contribution in [3.63, 3.8) is 0 Å². The molecule has 0 spiro atoms. The second kappa shape index (κ2) is 7.34. The Hall–Kier alpha value is -1.08. The van der Waals surface area contributed by atoms with Gasteiger partial charge in [-0.3, -0.25) is 4.79 Å². The number of rotatable bonds is 6. The summed E-state index contributed by atoms with van der Waals surface area (Å²) in [6.45, 7) is 3.09. The molecule has 2 N–H and O–H groups in total. The lowest BCUT2D eigenvalue weighted by Gasteiger charge is -2.18. The maximum atomic E-state index is 11.5. The van der Waals surface area contributed by atoms with Crippen LogP contribution in [0.2, 0.25) is 0 Å². The van der Waals surface area contributed by atoms with Crippen LogP contribution >= 0.6 is 0 Å². The van der Waals surface area contributed by atoms with Gasteiger partial charge >= 0.3 is 0 Å². The zero-order chi connectivity index (χ0) is 11.0. The number of carbonyl (C=O) groups is 1. The summed E-state index contributed by atoms with van der Waals surface area (Å²) >= 11 is 0. The minimum atomic E-state index is 0.0811. The van der Waals surface area contributed by atoms with Gasteiger partial charge in [0, 0.05) is 20.0 Å². The zero-order valence-corrected chi connectivity index (χ0v) is 8.99. The van der Waals surface area contributed by atoms with E-state index in [1.165, 1.54) is 0 Å². The van der Waals surface area contributed by atoms with Crippen molar-refractivity contribution in [2.75, 3.05) is 20.1 Å². The Balaban J connectivity index is 3.88. The van der Waals surface area contributed by atoms with E-state index in [0.717, 1.165) is 6.42 Å². The van der Waals surface area contributed by atoms with E-state index in [2.05, 4.69) is 0 Å². The van der Waals surface area contributed by atoms with E-state index in [1.807, 2.05) is 13.0 Å². The molecule has 1 amide bonds. The highest BCUT2D eigenvalue weighted by molar-refractivity contribution is 5.76. The number of amides is 1. The van der Waals surface area contributed by atoms with Crippen molar-refractivity contribution in [1.29, 1.82) is 5.26 Å². The Labute approximate surface area is 85.7 Å². The third kappa shape index (κ3) is 4.83. The van der Waals surface area contributed by atoms with Gasteiger partial charge in [-0.1, -0.05) is 13.3 Å². The Bertz CT molecular complexity index is 206. The molecule has 14 heavy (non-hydrogen) atoms. The second-order valence-corrected chi connectivity index (χ2v) is 3.44. The summed E-state index contributed by atoms with van der Waals surface area (Å²) in [6.07, 6.45) is 1.81. The first-order valence-corrected chi connectivity index (χ1v) is 4.96. The lowest BCUT2D eigenvalue weighted by Crippen LogP contribution is -2.30. The molecule has 4 nitrogen and oxygen atoms in total. The highest BCUT2D eigenvalue weighted by Crippen LogP contribution is 2.07. The lowest BCUT2D eigenvalue weighted by molar-refractivity contribution is -0.130. The third-order valence-corrected chi connectivity index (χ3v) is 2.36. The molecular formula is C10H19N3O. The van der Waals surface area contributed by atoms with Crippen molar-refractivity contribution < 1.29 is 4.79 Å². The van der Waals surface area contributed by atoms with Crippen molar-refractivity contribution in [3.05, 3.63) is 0 Å². The second-order valence-electron chi connectivity index (χ2n) is 3.44. The number of hydrogen-bond acceptors (Lipinski definition) is 3. The summed E-state index contributed by atoms with van der Waals surface area (Å²) in [5, 5.41) is 8.36. The quantitative estimate of drug-likeness (QED) is 0.682. The molecule has 0 fully saturated rings. The molecule has 1 unspecified atom stereocenters. The van der Waals surface area contributed by atoms with E-state index >= 15 is 0 Å². The van der Waals surface area contributed by atoms with Crippen LogP contribution in [0, 0.1) is 17.2 Å². The molecule has 0 aliphatic carbocycles. The van der Waals surface area contributed by atoms with Gasteiger partial charge in [0.1, 0.15) is 0 Å². The van der Waals surface area contributed by atoms with Crippen LogP contribution in [0.4, 0.5) is 0 Å². The maximum Gasteiger partial charge on any atom is 0.222 e. The van der Waals surface area contributed by atoms with Crippen LogP contribution in [-0.2, 0) is 4.79 Å². The van der Waals surface area contributed by atoms with Crippen LogP contribution in [0.1, 0.15) is 26.2 Å². The number of nitrogens with zero attached hydrogens (tertiary/aromatic N) is 2. The molecule has 4 heteroatoms. The number of carbonyl (C=O) groups excluding carboxylic acids is 1. The van der Waals surface area contributed by atoms with Gasteiger partial charge in [0.05, 0.1) is 12.5 Å². The largest absolute Gasteiger partial charge is 0.345 e. The average Bonchev–Trinajstić information content (AvgIpc) is 2.21. The first-order chi connectivity index (χ1) is 6.65. The Morgan fingerprint density at radius 2 is 2.29 bits per heavy atom. The Kier molecular flexibility index (Phi) is 6.77. The summed E-state index contributed by atoms with van der Waals surface area (Å²) in [5.41, 5.74) is 5.51. The first kappa shape index (κ1) is 12.9. The third-order valence-electron chi connectivity index (χ3n) is 2.36. The molecule has 0 rings (SSSR count). The fourth-order valence-corrected chi connectivity index (χ4v) is 1.14. The van der Waals surface area contributed by atoms with E-state index < -0.39 is 0 Å². The molecule has 0 saturated carbocycles. The molecule has 1 atom stereocenters. The van der Waals surface area contributed by atoms with Crippen molar-refractivity contribution in [1.82, 2.24) is 4.90 Å². The molecule has 80 valence electrons. The van der Waals surface area contributed by atoms with Crippen LogP contribution in [0.15, 0.2) is 0 Å². The smallest absolute Gasteiger partial charge is 0.222 e. The Morgan fingerprint density at radius 3 is 2.71 bits per heavy atom. The van der Waals surface area contributed by atoms with E-state index in [0.29, 0.717) is 25.9 Å². The topological polar surface area (TPSA) is 70.1 Å². The predicted octanol–water partition coefficient (Wildman–Crippen LogP) is 0.733. The normalized spacial score (nSPS) is 11.9. The zero-order valence-electron chi connectivity index (χ0n) is 8.99. The minimum absolute atomic E-state index is 0.0811. The predicted molar refractivity (Wildman–Crippen MR) is 55.3 cm³/mol. The van der Waals surface area contributed by atoms with Crippen LogP contribution in [0.5, 0.6) is 0 Å². The Morgan fingerprint density at radius 1 is 1.64 bits per heavy atom. The first-order valence-electron chi connectivity index (χ1n) is 4.96. The van der Waals surface area contributed by atoms with Crippen molar-refractivity contribution >= 4 is 5.91 Å². The fourth-order valence-electron chi connectivity index (χ4n) is 1.14. The van der Waals surface area contributed by atoms with Crippen LogP contribution in [0.25, 0.3) is 0 Å². The number of nitriles is 1. The van der Waals surface area contributed by atoms with E-state index in [9.17, 15) is 4.79 Å². The van der Waals surface area contributed by atoms with Crippen LogP contribution in [0.3, 0.4) is 0 Å². The molecule has 0 aromatic rings. The molecule has 0 saturated heterocycles. The molecule has 0 aliphatic rings. The maximum absolute atomic E-state index is 11.5. The molecular weight excluding hydrogens is 178 g/mol. The van der Waals surface area contributed by atoms with E-state index in [-0.39, 0.29) is 11.8 Å². The highest BCUT2D eigenvalue weighted by Gasteiger charge is 2.13. The number of hydrogen-bond donors (Lipinski definition) is 1. The summed E-state index contributed by atoms with van der Waals surface area (Å²) < 4.78 is 0. The molecule has 0 heterocycles. The van der Waals surface area contributed by atoms with Gasteiger partial charge < -0.3 is 10.6 Å². The summed E-state index contributed by atoms with van der Waals surface area (Å²) in [6, 6.07) is 2.02. The van der Waals surface area contributed by atoms with Crippen molar-refractivity contribution in [2.24, 2.45) is 11.7 Å². The minimum Gasteiger partial charge on any atom is -0.345 e. The summed E-state index contributed by atoms with van der Waals surface area (Å²) in [7, 11) is 1.73. The van der Waals surface area contributed by atoms with E-state index in [1.54, 1.807) is 11.9 Å². The summed E-state index contributed by atoms with van der Waals surface area (Å²) in [5.74, 6) is 0.351. The monoisotopic (exact) mass is 197 g/mol. The van der Waals surface area contributed by atoms with Gasteiger partial charge in [0.25, 0.3) is 0 Å². The van der Waals surface area contributed by atoms with Crippen LogP contribution in [-0.4, -0.2) is 30.9 Å². The molecule has 0 radical (unpaired) electrons. The number of nitrogens with two attached hydrogens (primary N) is 1. The van der Waals surface area contributed by atoms with Gasteiger partial charge in [0.2, 0.25) is 5.91 Å². The molecule has 0 aromatic heterocycles. The van der Waals surface area contributed by atoms with Crippen LogP contribution < -0.4 is 5.73 Å². The van der Waals surface area contributed by atoms with Gasteiger partial charge in [-0.15, -0.1) is 0 Å². The summed E-state index contributed by atoms with van der Waals surface area (Å²) in [4.78, 5) is 13.1. The molecule has 0 aromatic carbocycles. The van der Waals surface area contributed by atoms with Crippen molar-refractivity contribution in [3.8, 4) is 6.07 Å². The fraction of sp³-hybridized carbons (Fsp3) is 0.800. The average molecular weight is 197 g/mol. The lowest BCUT2D eigenvalue weighted by atomic mass is 10.0. The molecule has 0 aliphatic heterocycles. The van der Waals surface area contributed by atoms with E-state index in [4.69, 9.17) is 11.0 Å². The van der Waals surface area contributed by atoms with Crippen molar-refractivity contribution in [2.45, 2.75) is 26.2 Å². The van der Waals surface area contributed by atoms with Gasteiger partial charge in [0.15, 0.2) is 0 Å². The van der Waals surface area contributed by atoms with Gasteiger partial charge in [-0.25, -0.2) is 0 Å². The van der Waals surface area contributed by atoms with Gasteiger partial charge in [-0.2, -0.15) is 5.26 Å². The highest BCUT2D eigenvalue weighted by atomic mass is 16.2. The van der Waals surface area contributed by atoms with Gasteiger partial charge in [-0.05, 0) is 12.5 Å². The SMILES string of the molecule is CCC(CN)CC(=O)N(C)CCC#N.